The molecule has 0 radical (unpaired) electrons. The molecule has 2 rings (SSSR count). The van der Waals surface area contributed by atoms with E-state index in [2.05, 4.69) is 10.3 Å². The Labute approximate surface area is 121 Å². The number of benzene rings is 1. The van der Waals surface area contributed by atoms with Crippen molar-refractivity contribution >= 4 is 22.9 Å². The molecule has 1 heterocycles. The molecule has 0 fully saturated rings. The van der Waals surface area contributed by atoms with Crippen LogP contribution >= 0.6 is 0 Å². The van der Waals surface area contributed by atoms with Crippen LogP contribution in [0.15, 0.2) is 24.5 Å². The maximum absolute atomic E-state index is 11.6. The summed E-state index contributed by atoms with van der Waals surface area (Å²) in [5.41, 5.74) is 1.31. The van der Waals surface area contributed by atoms with Gasteiger partial charge in [-0.25, -0.2) is 9.78 Å². The lowest BCUT2D eigenvalue weighted by atomic mass is 10.2. The van der Waals surface area contributed by atoms with Crippen LogP contribution in [-0.4, -0.2) is 46.8 Å². The first-order valence-corrected chi connectivity index (χ1v) is 6.56. The Morgan fingerprint density at radius 1 is 1.43 bits per heavy atom. The van der Waals surface area contributed by atoms with Gasteiger partial charge in [-0.2, -0.15) is 0 Å². The molecule has 112 valence electrons. The van der Waals surface area contributed by atoms with Crippen molar-refractivity contribution in [1.82, 2.24) is 14.9 Å². The minimum Gasteiger partial charge on any atom is -0.478 e. The molecule has 0 atom stereocenters. The summed E-state index contributed by atoms with van der Waals surface area (Å²) in [7, 11) is 1.57. The third-order valence-electron chi connectivity index (χ3n) is 3.09. The number of methoxy groups -OCH3 is 1. The summed E-state index contributed by atoms with van der Waals surface area (Å²) in [6.45, 7) is 1.39. The Balaban J connectivity index is 2.05. The number of hydrogen-bond acceptors (Lipinski definition) is 4. The molecule has 0 aliphatic heterocycles. The fourth-order valence-electron chi connectivity index (χ4n) is 2.04. The van der Waals surface area contributed by atoms with Crippen molar-refractivity contribution in [1.29, 1.82) is 0 Å². The number of carboxylic acids is 1. The predicted octanol–water partition coefficient (Wildman–Crippen LogP) is 0.887. The number of imidazole rings is 1. The summed E-state index contributed by atoms with van der Waals surface area (Å²) in [6.07, 6.45) is 1.85. The van der Waals surface area contributed by atoms with Crippen molar-refractivity contribution < 1.29 is 19.4 Å². The lowest BCUT2D eigenvalue weighted by molar-refractivity contribution is -0.121. The monoisotopic (exact) mass is 291 g/mol. The topological polar surface area (TPSA) is 93.5 Å². The largest absolute Gasteiger partial charge is 0.478 e. The van der Waals surface area contributed by atoms with Crippen molar-refractivity contribution in [2.45, 2.75) is 13.0 Å². The molecule has 0 unspecified atom stereocenters. The minimum atomic E-state index is -1.01. The van der Waals surface area contributed by atoms with Gasteiger partial charge >= 0.3 is 5.97 Å². The highest BCUT2D eigenvalue weighted by Crippen LogP contribution is 2.17. The maximum Gasteiger partial charge on any atom is 0.337 e. The number of aromatic nitrogens is 2. The number of carbonyl (C=O) groups is 2. The van der Waals surface area contributed by atoms with E-state index in [1.807, 2.05) is 0 Å². The Hall–Kier alpha value is -2.41. The minimum absolute atomic E-state index is 0.0803. The van der Waals surface area contributed by atoms with E-state index in [0.717, 1.165) is 0 Å². The maximum atomic E-state index is 11.6. The average Bonchev–Trinajstić information content (AvgIpc) is 2.88. The summed E-state index contributed by atoms with van der Waals surface area (Å²) in [5, 5.41) is 11.8. The van der Waals surface area contributed by atoms with Crippen molar-refractivity contribution in [2.75, 3.05) is 20.3 Å². The summed E-state index contributed by atoms with van der Waals surface area (Å²) in [4.78, 5) is 26.9. The number of hydrogen-bond donors (Lipinski definition) is 2. The number of rotatable bonds is 7. The molecule has 2 N–H and O–H groups in total. The second kappa shape index (κ2) is 6.85. The predicted molar refractivity (Wildman–Crippen MR) is 76.2 cm³/mol. The Bertz CT molecular complexity index is 651. The summed E-state index contributed by atoms with van der Waals surface area (Å²) >= 11 is 0. The SMILES string of the molecule is COCCNC(=O)CCn1cnc2c(C(=O)O)cccc21. The Kier molecular flexibility index (Phi) is 4.89. The van der Waals surface area contributed by atoms with E-state index in [0.29, 0.717) is 37.2 Å². The van der Waals surface area contributed by atoms with Gasteiger partial charge in [0.2, 0.25) is 5.91 Å². The van der Waals surface area contributed by atoms with Gasteiger partial charge in [-0.1, -0.05) is 6.07 Å². The second-order valence-electron chi connectivity index (χ2n) is 4.51. The van der Waals surface area contributed by atoms with E-state index in [1.165, 1.54) is 6.07 Å². The molecule has 7 heteroatoms. The summed E-state index contributed by atoms with van der Waals surface area (Å²) < 4.78 is 6.63. The fraction of sp³-hybridized carbons (Fsp3) is 0.357. The van der Waals surface area contributed by atoms with Crippen LogP contribution in [0.25, 0.3) is 11.0 Å². The number of nitrogens with zero attached hydrogens (tertiary/aromatic N) is 2. The number of carbonyl (C=O) groups excluding carboxylic acids is 1. The number of amides is 1. The van der Waals surface area contributed by atoms with E-state index < -0.39 is 5.97 Å². The first-order valence-electron chi connectivity index (χ1n) is 6.56. The van der Waals surface area contributed by atoms with Gasteiger partial charge < -0.3 is 19.7 Å². The third-order valence-corrected chi connectivity index (χ3v) is 3.09. The van der Waals surface area contributed by atoms with Gasteiger partial charge in [0.25, 0.3) is 0 Å². The van der Waals surface area contributed by atoms with E-state index in [-0.39, 0.29) is 11.5 Å². The molecule has 0 bridgehead atoms. The molecule has 0 saturated carbocycles. The van der Waals surface area contributed by atoms with Crippen LogP contribution < -0.4 is 5.32 Å². The molecular formula is C14H17N3O4. The lowest BCUT2D eigenvalue weighted by Crippen LogP contribution is -2.27. The first-order chi connectivity index (χ1) is 10.1. The smallest absolute Gasteiger partial charge is 0.337 e. The van der Waals surface area contributed by atoms with Crippen molar-refractivity contribution in [3.63, 3.8) is 0 Å². The number of ether oxygens (including phenoxy) is 1. The number of aryl methyl sites for hydroxylation is 1. The number of carboxylic acid groups (broad SMARTS) is 1. The zero-order chi connectivity index (χ0) is 15.2. The van der Waals surface area contributed by atoms with E-state index in [4.69, 9.17) is 9.84 Å². The molecule has 1 aromatic carbocycles. The molecule has 0 saturated heterocycles. The molecule has 1 amide bonds. The zero-order valence-electron chi connectivity index (χ0n) is 11.7. The van der Waals surface area contributed by atoms with Gasteiger partial charge in [-0.15, -0.1) is 0 Å². The van der Waals surface area contributed by atoms with Crippen molar-refractivity contribution in [3.8, 4) is 0 Å². The van der Waals surface area contributed by atoms with E-state index in [1.54, 1.807) is 30.1 Å². The fourth-order valence-corrected chi connectivity index (χ4v) is 2.04. The highest BCUT2D eigenvalue weighted by atomic mass is 16.5. The van der Waals surface area contributed by atoms with Gasteiger partial charge in [0.1, 0.15) is 5.52 Å². The summed E-state index contributed by atoms with van der Waals surface area (Å²) in [6, 6.07) is 4.97. The van der Waals surface area contributed by atoms with Crippen LogP contribution in [-0.2, 0) is 16.1 Å². The van der Waals surface area contributed by atoms with Crippen LogP contribution in [0.4, 0.5) is 0 Å². The molecule has 0 spiro atoms. The van der Waals surface area contributed by atoms with Crippen LogP contribution in [0.2, 0.25) is 0 Å². The molecule has 7 nitrogen and oxygen atoms in total. The van der Waals surface area contributed by atoms with Gasteiger partial charge in [-0.3, -0.25) is 4.79 Å². The van der Waals surface area contributed by atoms with Gasteiger partial charge in [0, 0.05) is 26.6 Å². The Morgan fingerprint density at radius 3 is 2.95 bits per heavy atom. The van der Waals surface area contributed by atoms with Crippen LogP contribution in [0.3, 0.4) is 0 Å². The van der Waals surface area contributed by atoms with Crippen molar-refractivity contribution in [2.24, 2.45) is 0 Å². The van der Waals surface area contributed by atoms with Crippen LogP contribution in [0.5, 0.6) is 0 Å². The quantitative estimate of drug-likeness (QED) is 0.739. The van der Waals surface area contributed by atoms with E-state index >= 15 is 0 Å². The number of para-hydroxylation sites is 1. The number of fused-ring (bicyclic) bond motifs is 1. The lowest BCUT2D eigenvalue weighted by Gasteiger charge is -2.06. The van der Waals surface area contributed by atoms with E-state index in [9.17, 15) is 9.59 Å². The van der Waals surface area contributed by atoms with Crippen molar-refractivity contribution in [3.05, 3.63) is 30.1 Å². The van der Waals surface area contributed by atoms with Gasteiger partial charge in [0.05, 0.1) is 24.0 Å². The molecule has 0 aliphatic rings. The standard InChI is InChI=1S/C14H17N3O4/c1-21-8-6-15-12(18)5-7-17-9-16-13-10(14(19)20)3-2-4-11(13)17/h2-4,9H,5-8H2,1H3,(H,15,18)(H,19,20). The highest BCUT2D eigenvalue weighted by molar-refractivity contribution is 6.00. The summed E-state index contributed by atoms with van der Waals surface area (Å²) in [5.74, 6) is -1.09. The normalized spacial score (nSPS) is 10.7. The number of aromatic carboxylic acids is 1. The molecule has 21 heavy (non-hydrogen) atoms. The average molecular weight is 291 g/mol. The highest BCUT2D eigenvalue weighted by Gasteiger charge is 2.12. The number of nitrogens with one attached hydrogen (secondary N) is 1. The first kappa shape index (κ1) is 15.0. The molecule has 0 aliphatic carbocycles. The van der Waals surface area contributed by atoms with Gasteiger partial charge in [0.15, 0.2) is 0 Å². The van der Waals surface area contributed by atoms with Crippen LogP contribution in [0.1, 0.15) is 16.8 Å². The zero-order valence-corrected chi connectivity index (χ0v) is 11.7. The molecule has 1 aromatic heterocycles. The Morgan fingerprint density at radius 2 is 2.24 bits per heavy atom. The molecular weight excluding hydrogens is 274 g/mol. The van der Waals surface area contributed by atoms with Gasteiger partial charge in [-0.05, 0) is 12.1 Å². The molecule has 2 aromatic rings. The second-order valence-corrected chi connectivity index (χ2v) is 4.51. The van der Waals surface area contributed by atoms with Crippen LogP contribution in [0, 0.1) is 0 Å². The third kappa shape index (κ3) is 3.57.